The molecule has 1 aromatic rings. The lowest BCUT2D eigenvalue weighted by atomic mass is 10.1. The highest BCUT2D eigenvalue weighted by Gasteiger charge is 2.36. The number of hydrogen-bond acceptors (Lipinski definition) is 5. The summed E-state index contributed by atoms with van der Waals surface area (Å²) in [6.07, 6.45) is 0. The predicted molar refractivity (Wildman–Crippen MR) is 90.0 cm³/mol. The first kappa shape index (κ1) is 16.7. The van der Waals surface area contributed by atoms with Crippen molar-refractivity contribution in [3.8, 4) is 0 Å². The van der Waals surface area contributed by atoms with Crippen LogP contribution in [0.3, 0.4) is 0 Å². The van der Waals surface area contributed by atoms with Crippen LogP contribution >= 0.6 is 24.4 Å². The molecule has 1 aliphatic heterocycles. The summed E-state index contributed by atoms with van der Waals surface area (Å²) in [7, 11) is -3.28. The Balaban J connectivity index is 2.37. The fraction of sp³-hybridized carbons (Fsp3) is 0.500. The number of carbonyl (C=O) groups is 1. The quantitative estimate of drug-likeness (QED) is 0.854. The summed E-state index contributed by atoms with van der Waals surface area (Å²) in [5, 5.41) is -0.725. The van der Waals surface area contributed by atoms with Crippen molar-refractivity contribution >= 4 is 40.1 Å². The van der Waals surface area contributed by atoms with Gasteiger partial charge in [-0.1, -0.05) is 13.0 Å². The van der Waals surface area contributed by atoms with Gasteiger partial charge in [-0.15, -0.1) is 12.6 Å². The first-order valence-electron chi connectivity index (χ1n) is 6.76. The Morgan fingerprint density at radius 1 is 1.48 bits per heavy atom. The van der Waals surface area contributed by atoms with Crippen LogP contribution in [0.1, 0.15) is 22.8 Å². The Morgan fingerprint density at radius 3 is 2.86 bits per heavy atom. The first-order valence-corrected chi connectivity index (χ1v) is 10.1. The Labute approximate surface area is 135 Å². The summed E-state index contributed by atoms with van der Waals surface area (Å²) < 4.78 is 24.5. The lowest BCUT2D eigenvalue weighted by molar-refractivity contribution is 0.0748. The van der Waals surface area contributed by atoms with Crippen LogP contribution in [0.4, 0.5) is 0 Å². The molecule has 7 heteroatoms. The monoisotopic (exact) mass is 345 g/mol. The molecule has 116 valence electrons. The van der Waals surface area contributed by atoms with Crippen molar-refractivity contribution in [3.63, 3.8) is 0 Å². The van der Waals surface area contributed by atoms with Crippen LogP contribution in [0.2, 0.25) is 0 Å². The molecule has 1 heterocycles. The van der Waals surface area contributed by atoms with E-state index in [2.05, 4.69) is 12.6 Å². The molecule has 0 radical (unpaired) electrons. The van der Waals surface area contributed by atoms with Crippen molar-refractivity contribution in [2.45, 2.75) is 24.1 Å². The molecule has 2 rings (SSSR count). The molecule has 0 N–H and O–H groups in total. The average molecular weight is 346 g/mol. The van der Waals surface area contributed by atoms with Gasteiger partial charge >= 0.3 is 0 Å². The molecule has 4 nitrogen and oxygen atoms in total. The van der Waals surface area contributed by atoms with Crippen molar-refractivity contribution < 1.29 is 13.2 Å². The highest BCUT2D eigenvalue weighted by molar-refractivity contribution is 8.01. The molecular formula is C14H19NO3S3. The number of thioether (sulfide) groups is 1. The van der Waals surface area contributed by atoms with Crippen LogP contribution < -0.4 is 0 Å². The van der Waals surface area contributed by atoms with Gasteiger partial charge in [0.15, 0.2) is 9.84 Å². The number of hydrogen-bond donors (Lipinski definition) is 1. The third kappa shape index (κ3) is 3.57. The molecule has 21 heavy (non-hydrogen) atoms. The van der Waals surface area contributed by atoms with Gasteiger partial charge in [-0.3, -0.25) is 4.79 Å². The van der Waals surface area contributed by atoms with Gasteiger partial charge in [0.1, 0.15) is 5.37 Å². The molecule has 1 atom stereocenters. The van der Waals surface area contributed by atoms with Gasteiger partial charge in [-0.2, -0.15) is 11.8 Å². The van der Waals surface area contributed by atoms with E-state index in [9.17, 15) is 13.2 Å². The molecule has 0 aliphatic carbocycles. The van der Waals surface area contributed by atoms with Gasteiger partial charge in [-0.05, 0) is 24.6 Å². The first-order chi connectivity index (χ1) is 9.86. The zero-order chi connectivity index (χ0) is 15.6. The predicted octanol–water partition coefficient (Wildman–Crippen LogP) is 2.23. The van der Waals surface area contributed by atoms with Gasteiger partial charge in [0, 0.05) is 34.3 Å². The van der Waals surface area contributed by atoms with Crippen LogP contribution in [0.25, 0.3) is 0 Å². The van der Waals surface area contributed by atoms with E-state index in [0.29, 0.717) is 22.8 Å². The number of carbonyl (C=O) groups excluding carboxylic acids is 1. The minimum Gasteiger partial charge on any atom is -0.320 e. The van der Waals surface area contributed by atoms with Crippen molar-refractivity contribution in [2.75, 3.05) is 23.8 Å². The molecule has 1 saturated heterocycles. The normalized spacial score (nSPS) is 19.6. The van der Waals surface area contributed by atoms with Gasteiger partial charge in [0.2, 0.25) is 0 Å². The molecule has 1 amide bonds. The topological polar surface area (TPSA) is 54.5 Å². The standard InChI is InChI=1S/C14H19NO3S3/c1-3-21(17,18)13-9-20-7-6-15(13)14(16)12-8-11(19)5-4-10(12)2/h4-5,8,13,19H,3,6-7,9H2,1-2H3. The van der Waals surface area contributed by atoms with E-state index in [1.165, 1.54) is 4.90 Å². The van der Waals surface area contributed by atoms with E-state index in [1.54, 1.807) is 24.8 Å². The number of amides is 1. The lowest BCUT2D eigenvalue weighted by Crippen LogP contribution is -2.50. The molecule has 1 unspecified atom stereocenters. The Morgan fingerprint density at radius 2 is 2.19 bits per heavy atom. The van der Waals surface area contributed by atoms with Gasteiger partial charge in [-0.25, -0.2) is 8.42 Å². The van der Waals surface area contributed by atoms with E-state index >= 15 is 0 Å². The molecular weight excluding hydrogens is 326 g/mol. The SMILES string of the molecule is CCS(=O)(=O)C1CSCCN1C(=O)c1cc(S)ccc1C. The fourth-order valence-corrected chi connectivity index (χ4v) is 5.47. The summed E-state index contributed by atoms with van der Waals surface area (Å²) in [5.74, 6) is 1.04. The van der Waals surface area contributed by atoms with Crippen LogP contribution in [-0.4, -0.2) is 48.4 Å². The van der Waals surface area contributed by atoms with Crippen LogP contribution in [0.15, 0.2) is 23.1 Å². The van der Waals surface area contributed by atoms with Crippen molar-refractivity contribution in [2.24, 2.45) is 0 Å². The average Bonchev–Trinajstić information content (AvgIpc) is 2.49. The fourth-order valence-electron chi connectivity index (χ4n) is 2.30. The number of rotatable bonds is 3. The minimum absolute atomic E-state index is 0.0492. The second-order valence-corrected chi connectivity index (χ2v) is 9.09. The molecule has 1 fully saturated rings. The summed E-state index contributed by atoms with van der Waals surface area (Å²) in [5.41, 5.74) is 1.37. The third-order valence-electron chi connectivity index (χ3n) is 3.61. The number of benzene rings is 1. The van der Waals surface area contributed by atoms with Gasteiger partial charge < -0.3 is 4.90 Å². The zero-order valence-corrected chi connectivity index (χ0v) is 14.6. The summed E-state index contributed by atoms with van der Waals surface area (Å²) in [6.45, 7) is 3.93. The molecule has 1 aromatic carbocycles. The number of thiol groups is 1. The molecule has 0 bridgehead atoms. The Bertz CT molecular complexity index is 643. The maximum atomic E-state index is 12.8. The van der Waals surface area contributed by atoms with Crippen LogP contribution in [0.5, 0.6) is 0 Å². The van der Waals surface area contributed by atoms with Crippen LogP contribution in [0, 0.1) is 6.92 Å². The zero-order valence-electron chi connectivity index (χ0n) is 12.1. The number of aryl methyl sites for hydroxylation is 1. The Hall–Kier alpha value is -0.660. The number of nitrogens with zero attached hydrogens (tertiary/aromatic N) is 1. The second-order valence-electron chi connectivity index (χ2n) is 4.98. The maximum absolute atomic E-state index is 12.8. The van der Waals surface area contributed by atoms with Gasteiger partial charge in [0.25, 0.3) is 5.91 Å². The summed E-state index contributed by atoms with van der Waals surface area (Å²) >= 11 is 5.85. The Kier molecular flexibility index (Phi) is 5.27. The maximum Gasteiger partial charge on any atom is 0.255 e. The van der Waals surface area contributed by atoms with E-state index < -0.39 is 15.2 Å². The second kappa shape index (κ2) is 6.62. The molecule has 0 saturated carbocycles. The molecule has 1 aliphatic rings. The highest BCUT2D eigenvalue weighted by Crippen LogP contribution is 2.25. The number of sulfone groups is 1. The van der Waals surface area contributed by atoms with Crippen molar-refractivity contribution in [1.29, 1.82) is 0 Å². The largest absolute Gasteiger partial charge is 0.320 e. The van der Waals surface area contributed by atoms with Crippen LogP contribution in [-0.2, 0) is 9.84 Å². The lowest BCUT2D eigenvalue weighted by Gasteiger charge is -2.35. The minimum atomic E-state index is -3.28. The van der Waals surface area contributed by atoms with Crippen molar-refractivity contribution in [1.82, 2.24) is 4.90 Å². The molecule has 0 aromatic heterocycles. The highest BCUT2D eigenvalue weighted by atomic mass is 32.2. The van der Waals surface area contributed by atoms with E-state index in [4.69, 9.17) is 0 Å². The van der Waals surface area contributed by atoms with E-state index in [-0.39, 0.29) is 11.7 Å². The third-order valence-corrected chi connectivity index (χ3v) is 7.18. The van der Waals surface area contributed by atoms with E-state index in [0.717, 1.165) is 11.3 Å². The van der Waals surface area contributed by atoms with Gasteiger partial charge in [0.05, 0.1) is 0 Å². The van der Waals surface area contributed by atoms with Crippen molar-refractivity contribution in [3.05, 3.63) is 29.3 Å². The molecule has 0 spiro atoms. The van der Waals surface area contributed by atoms with E-state index in [1.807, 2.05) is 19.1 Å². The summed E-state index contributed by atoms with van der Waals surface area (Å²) in [4.78, 5) is 15.0. The summed E-state index contributed by atoms with van der Waals surface area (Å²) in [6, 6.07) is 5.36. The smallest absolute Gasteiger partial charge is 0.255 e.